The maximum atomic E-state index is 11.8. The Hall–Kier alpha value is -1.32. The molecule has 0 N–H and O–H groups in total. The fraction of sp³-hybridized carbons (Fsp3) is 0.750. The minimum absolute atomic E-state index is 0.261. The molecule has 0 saturated heterocycles. The van der Waals surface area contributed by atoms with Crippen molar-refractivity contribution in [3.05, 3.63) is 12.2 Å². The molecular formula is C16H28O4. The van der Waals surface area contributed by atoms with Crippen molar-refractivity contribution in [1.29, 1.82) is 0 Å². The summed E-state index contributed by atoms with van der Waals surface area (Å²) < 4.78 is 10.9. The third kappa shape index (κ3) is 5.76. The van der Waals surface area contributed by atoms with Crippen LogP contribution in [0, 0.1) is 0 Å². The van der Waals surface area contributed by atoms with Crippen molar-refractivity contribution in [3.8, 4) is 0 Å². The second kappa shape index (κ2) is 7.46. The van der Waals surface area contributed by atoms with Crippen LogP contribution in [0.3, 0.4) is 0 Å². The highest BCUT2D eigenvalue weighted by Crippen LogP contribution is 2.30. The van der Waals surface area contributed by atoms with E-state index in [-0.39, 0.29) is 5.97 Å². The highest BCUT2D eigenvalue weighted by Gasteiger charge is 2.43. The second-order valence-electron chi connectivity index (χ2n) is 6.12. The molecule has 0 heterocycles. The zero-order valence-electron chi connectivity index (χ0n) is 13.7. The lowest BCUT2D eigenvalue weighted by molar-refractivity contribution is -0.196. The average molecular weight is 284 g/mol. The van der Waals surface area contributed by atoms with Crippen molar-refractivity contribution in [2.45, 2.75) is 78.4 Å². The molecule has 0 aromatic carbocycles. The fourth-order valence-electron chi connectivity index (χ4n) is 1.42. The molecule has 0 rings (SSSR count). The van der Waals surface area contributed by atoms with Gasteiger partial charge in [0.15, 0.2) is 0 Å². The van der Waals surface area contributed by atoms with Gasteiger partial charge in [0.1, 0.15) is 11.2 Å². The van der Waals surface area contributed by atoms with E-state index in [9.17, 15) is 9.59 Å². The van der Waals surface area contributed by atoms with Crippen LogP contribution in [-0.2, 0) is 19.1 Å². The highest BCUT2D eigenvalue weighted by atomic mass is 16.6. The smallest absolute Gasteiger partial charge is 0.333 e. The van der Waals surface area contributed by atoms with Crippen molar-refractivity contribution in [1.82, 2.24) is 0 Å². The van der Waals surface area contributed by atoms with E-state index in [4.69, 9.17) is 9.47 Å². The summed E-state index contributed by atoms with van der Waals surface area (Å²) >= 11 is 0. The molecule has 0 aliphatic rings. The Bertz CT molecular complexity index is 367. The maximum absolute atomic E-state index is 11.8. The summed E-state index contributed by atoms with van der Waals surface area (Å²) in [5.41, 5.74) is -1.51. The molecule has 4 nitrogen and oxygen atoms in total. The van der Waals surface area contributed by atoms with Gasteiger partial charge in [0.25, 0.3) is 0 Å². The van der Waals surface area contributed by atoms with Gasteiger partial charge >= 0.3 is 11.9 Å². The predicted octanol–water partition coefficient (Wildman–Crippen LogP) is 3.79. The molecule has 0 aromatic heterocycles. The quantitative estimate of drug-likeness (QED) is 0.386. The van der Waals surface area contributed by atoms with E-state index in [0.717, 1.165) is 19.3 Å². The Balaban J connectivity index is 4.63. The van der Waals surface area contributed by atoms with Crippen LogP contribution in [0.2, 0.25) is 0 Å². The number of rotatable bonds is 8. The van der Waals surface area contributed by atoms with Crippen molar-refractivity contribution in [3.63, 3.8) is 0 Å². The van der Waals surface area contributed by atoms with Gasteiger partial charge in [-0.3, -0.25) is 4.79 Å². The van der Waals surface area contributed by atoms with Crippen LogP contribution in [0.1, 0.15) is 67.2 Å². The maximum Gasteiger partial charge on any atom is 0.333 e. The van der Waals surface area contributed by atoms with Crippen LogP contribution in [0.5, 0.6) is 0 Å². The van der Waals surface area contributed by atoms with Crippen molar-refractivity contribution >= 4 is 11.9 Å². The third-order valence-electron chi connectivity index (χ3n) is 3.50. The molecule has 0 unspecified atom stereocenters. The Labute approximate surface area is 122 Å². The summed E-state index contributed by atoms with van der Waals surface area (Å²) in [5.74, 6) is -0.743. The van der Waals surface area contributed by atoms with E-state index in [1.807, 2.05) is 0 Å². The van der Waals surface area contributed by atoms with E-state index >= 15 is 0 Å². The zero-order chi connectivity index (χ0) is 16.0. The standard InChI is InChI=1S/C16H28O4/c1-8-9-10-11-13(17)19-15(4,5)16(6,7)20-14(18)12(2)3/h2,8-11H2,1,3-7H3. The van der Waals surface area contributed by atoms with E-state index in [1.165, 1.54) is 0 Å². The number of esters is 2. The molecule has 4 heteroatoms. The number of unbranched alkanes of at least 4 members (excludes halogenated alkanes) is 2. The molecule has 0 bridgehead atoms. The zero-order valence-corrected chi connectivity index (χ0v) is 13.7. The lowest BCUT2D eigenvalue weighted by atomic mass is 9.89. The Kier molecular flexibility index (Phi) is 6.97. The molecule has 0 fully saturated rings. The first-order valence-electron chi connectivity index (χ1n) is 7.14. The van der Waals surface area contributed by atoms with Crippen LogP contribution in [0.15, 0.2) is 12.2 Å². The third-order valence-corrected chi connectivity index (χ3v) is 3.50. The lowest BCUT2D eigenvalue weighted by Crippen LogP contribution is -2.51. The summed E-state index contributed by atoms with van der Waals surface area (Å²) in [7, 11) is 0. The fourth-order valence-corrected chi connectivity index (χ4v) is 1.42. The van der Waals surface area contributed by atoms with Crippen LogP contribution < -0.4 is 0 Å². The summed E-state index contributed by atoms with van der Waals surface area (Å²) in [6, 6.07) is 0. The van der Waals surface area contributed by atoms with Crippen LogP contribution in [-0.4, -0.2) is 23.1 Å². The van der Waals surface area contributed by atoms with E-state index < -0.39 is 17.2 Å². The molecule has 0 saturated carbocycles. The van der Waals surface area contributed by atoms with Crippen molar-refractivity contribution in [2.75, 3.05) is 0 Å². The van der Waals surface area contributed by atoms with E-state index in [0.29, 0.717) is 12.0 Å². The SMILES string of the molecule is C=C(C)C(=O)OC(C)(C)C(C)(C)OC(=O)CCCCC. The molecule has 0 amide bonds. The first-order valence-corrected chi connectivity index (χ1v) is 7.14. The summed E-state index contributed by atoms with van der Waals surface area (Å²) in [5, 5.41) is 0. The number of hydrogen-bond donors (Lipinski definition) is 0. The Morgan fingerprint density at radius 2 is 1.50 bits per heavy atom. The topological polar surface area (TPSA) is 52.6 Å². The largest absolute Gasteiger partial charge is 0.455 e. The van der Waals surface area contributed by atoms with Gasteiger partial charge in [0, 0.05) is 12.0 Å². The van der Waals surface area contributed by atoms with Gasteiger partial charge in [-0.25, -0.2) is 4.79 Å². The van der Waals surface area contributed by atoms with Gasteiger partial charge in [-0.15, -0.1) is 0 Å². The number of ether oxygens (including phenoxy) is 2. The molecular weight excluding hydrogens is 256 g/mol. The molecule has 0 aromatic rings. The minimum atomic E-state index is -0.927. The molecule has 0 atom stereocenters. The Morgan fingerprint density at radius 3 is 1.95 bits per heavy atom. The van der Waals surface area contributed by atoms with Crippen molar-refractivity contribution < 1.29 is 19.1 Å². The first-order chi connectivity index (χ1) is 9.03. The highest BCUT2D eigenvalue weighted by molar-refractivity contribution is 5.87. The van der Waals surface area contributed by atoms with Crippen LogP contribution in [0.4, 0.5) is 0 Å². The summed E-state index contributed by atoms with van der Waals surface area (Å²) in [6.07, 6.45) is 3.27. The van der Waals surface area contributed by atoms with Crippen LogP contribution >= 0.6 is 0 Å². The van der Waals surface area contributed by atoms with Gasteiger partial charge in [0.2, 0.25) is 0 Å². The molecule has 0 radical (unpaired) electrons. The van der Waals surface area contributed by atoms with Gasteiger partial charge in [0.05, 0.1) is 0 Å². The number of hydrogen-bond acceptors (Lipinski definition) is 4. The van der Waals surface area contributed by atoms with Crippen molar-refractivity contribution in [2.24, 2.45) is 0 Å². The molecule has 0 spiro atoms. The molecule has 0 aliphatic heterocycles. The van der Waals surface area contributed by atoms with Gasteiger partial charge in [-0.2, -0.15) is 0 Å². The predicted molar refractivity (Wildman–Crippen MR) is 79.3 cm³/mol. The van der Waals surface area contributed by atoms with Gasteiger partial charge in [-0.1, -0.05) is 26.3 Å². The normalized spacial score (nSPS) is 11.9. The average Bonchev–Trinajstić information content (AvgIpc) is 2.27. The van der Waals surface area contributed by atoms with E-state index in [1.54, 1.807) is 34.6 Å². The first kappa shape index (κ1) is 18.7. The number of carbonyl (C=O) groups is 2. The monoisotopic (exact) mass is 284 g/mol. The molecule has 0 aliphatic carbocycles. The van der Waals surface area contributed by atoms with E-state index in [2.05, 4.69) is 13.5 Å². The minimum Gasteiger partial charge on any atom is -0.455 e. The lowest BCUT2D eigenvalue weighted by Gasteiger charge is -2.40. The number of carbonyl (C=O) groups excluding carboxylic acids is 2. The summed E-state index contributed by atoms with van der Waals surface area (Å²) in [6.45, 7) is 14.2. The van der Waals surface area contributed by atoms with Gasteiger partial charge < -0.3 is 9.47 Å². The Morgan fingerprint density at radius 1 is 1.00 bits per heavy atom. The summed E-state index contributed by atoms with van der Waals surface area (Å²) in [4.78, 5) is 23.5. The molecule has 20 heavy (non-hydrogen) atoms. The van der Waals surface area contributed by atoms with Gasteiger partial charge in [-0.05, 0) is 41.0 Å². The second-order valence-corrected chi connectivity index (χ2v) is 6.12. The van der Waals surface area contributed by atoms with Crippen LogP contribution in [0.25, 0.3) is 0 Å². The molecule has 116 valence electrons.